The second-order valence-corrected chi connectivity index (χ2v) is 7.18. The van der Waals surface area contributed by atoms with E-state index in [4.69, 9.17) is 4.74 Å². The lowest BCUT2D eigenvalue weighted by molar-refractivity contribution is -0.131. The normalized spacial score (nSPS) is 14.6. The molecule has 1 aliphatic rings. The number of para-hydroxylation sites is 2. The Bertz CT molecular complexity index is 824. The summed E-state index contributed by atoms with van der Waals surface area (Å²) in [4.78, 5) is 29.5. The van der Waals surface area contributed by atoms with Crippen LogP contribution in [0, 0.1) is 0 Å². The maximum atomic E-state index is 12.9. The van der Waals surface area contributed by atoms with E-state index in [1.165, 1.54) is 11.8 Å². The zero-order valence-corrected chi connectivity index (χ0v) is 16.0. The summed E-state index contributed by atoms with van der Waals surface area (Å²) in [6.45, 7) is 1.99. The third-order valence-corrected chi connectivity index (χ3v) is 5.71. The number of ether oxygens (including phenoxy) is 1. The monoisotopic (exact) mass is 370 g/mol. The topological polar surface area (TPSA) is 49.9 Å². The lowest BCUT2D eigenvalue weighted by atomic mass is 10.1. The Morgan fingerprint density at radius 2 is 1.92 bits per heavy atom. The number of methoxy groups -OCH3 is 1. The van der Waals surface area contributed by atoms with Gasteiger partial charge in [-0.05, 0) is 25.1 Å². The second-order valence-electron chi connectivity index (χ2n) is 6.16. The van der Waals surface area contributed by atoms with E-state index in [1.807, 2.05) is 55.5 Å². The molecule has 2 aromatic carbocycles. The maximum Gasteiger partial charge on any atom is 0.242 e. The van der Waals surface area contributed by atoms with Crippen LogP contribution < -0.4 is 9.64 Å². The first-order valence-corrected chi connectivity index (χ1v) is 9.42. The highest BCUT2D eigenvalue weighted by molar-refractivity contribution is 8.00. The summed E-state index contributed by atoms with van der Waals surface area (Å²) in [5, 5.41) is 0. The van der Waals surface area contributed by atoms with Gasteiger partial charge >= 0.3 is 0 Å². The molecule has 0 aliphatic carbocycles. The molecule has 1 aliphatic heterocycles. The number of nitrogens with zero attached hydrogens (tertiary/aromatic N) is 2. The number of likely N-dealkylation sites (N-methyl/N-ethyl adjacent to an activating group) is 1. The van der Waals surface area contributed by atoms with Gasteiger partial charge in [0.1, 0.15) is 12.3 Å². The largest absolute Gasteiger partial charge is 0.496 e. The molecule has 0 radical (unpaired) electrons. The highest BCUT2D eigenvalue weighted by atomic mass is 32.2. The summed E-state index contributed by atoms with van der Waals surface area (Å²) in [6.07, 6.45) is 0. The van der Waals surface area contributed by atoms with E-state index in [2.05, 4.69) is 0 Å². The van der Waals surface area contributed by atoms with Crippen LogP contribution in [0.1, 0.15) is 18.5 Å². The van der Waals surface area contributed by atoms with Crippen molar-refractivity contribution in [1.82, 2.24) is 4.90 Å². The van der Waals surface area contributed by atoms with E-state index in [1.54, 1.807) is 24.0 Å². The predicted octanol–water partition coefficient (Wildman–Crippen LogP) is 3.35. The smallest absolute Gasteiger partial charge is 0.242 e. The molecular weight excluding hydrogens is 348 g/mol. The number of thioether (sulfide) groups is 1. The Balaban J connectivity index is 1.78. The van der Waals surface area contributed by atoms with Crippen LogP contribution in [0.4, 0.5) is 5.69 Å². The predicted molar refractivity (Wildman–Crippen MR) is 104 cm³/mol. The second kappa shape index (κ2) is 7.83. The van der Waals surface area contributed by atoms with Crippen LogP contribution in [-0.2, 0) is 9.59 Å². The number of rotatable bonds is 5. The minimum Gasteiger partial charge on any atom is -0.496 e. The quantitative estimate of drug-likeness (QED) is 0.810. The molecule has 2 aromatic rings. The number of anilines is 1. The Hall–Kier alpha value is -2.47. The van der Waals surface area contributed by atoms with Crippen molar-refractivity contribution < 1.29 is 14.3 Å². The molecule has 2 amide bonds. The van der Waals surface area contributed by atoms with Gasteiger partial charge in [-0.2, -0.15) is 0 Å². The molecule has 1 heterocycles. The van der Waals surface area contributed by atoms with E-state index in [0.29, 0.717) is 5.75 Å². The van der Waals surface area contributed by atoms with Gasteiger partial charge in [0.25, 0.3) is 0 Å². The van der Waals surface area contributed by atoms with Crippen LogP contribution in [0.5, 0.6) is 5.75 Å². The maximum absolute atomic E-state index is 12.9. The molecule has 1 unspecified atom stereocenters. The molecule has 0 spiro atoms. The molecule has 3 rings (SSSR count). The van der Waals surface area contributed by atoms with Crippen molar-refractivity contribution in [3.8, 4) is 5.75 Å². The average Bonchev–Trinajstić information content (AvgIpc) is 2.68. The van der Waals surface area contributed by atoms with E-state index in [-0.39, 0.29) is 24.4 Å². The zero-order chi connectivity index (χ0) is 18.7. The molecule has 0 aromatic heterocycles. The fourth-order valence-corrected chi connectivity index (χ4v) is 3.95. The molecular formula is C20H22N2O3S. The van der Waals surface area contributed by atoms with Gasteiger partial charge < -0.3 is 14.5 Å². The van der Waals surface area contributed by atoms with Crippen LogP contribution in [0.3, 0.4) is 0 Å². The van der Waals surface area contributed by atoms with E-state index in [0.717, 1.165) is 21.9 Å². The molecule has 0 N–H and O–H groups in total. The van der Waals surface area contributed by atoms with Gasteiger partial charge in [0.05, 0.1) is 24.6 Å². The molecule has 6 heteroatoms. The van der Waals surface area contributed by atoms with Gasteiger partial charge in [0.2, 0.25) is 11.8 Å². The fraction of sp³-hybridized carbons (Fsp3) is 0.300. The first-order chi connectivity index (χ1) is 12.5. The van der Waals surface area contributed by atoms with Gasteiger partial charge in [-0.15, -0.1) is 11.8 Å². The molecule has 0 fully saturated rings. The molecule has 1 atom stereocenters. The van der Waals surface area contributed by atoms with Gasteiger partial charge in [-0.25, -0.2) is 0 Å². The minimum absolute atomic E-state index is 0.0341. The van der Waals surface area contributed by atoms with Crippen LogP contribution in [0.2, 0.25) is 0 Å². The van der Waals surface area contributed by atoms with E-state index < -0.39 is 0 Å². The van der Waals surface area contributed by atoms with Crippen molar-refractivity contribution in [1.29, 1.82) is 0 Å². The first-order valence-electron chi connectivity index (χ1n) is 8.43. The summed E-state index contributed by atoms with van der Waals surface area (Å²) in [5.74, 6) is 0.949. The number of fused-ring (bicyclic) bond motifs is 1. The zero-order valence-electron chi connectivity index (χ0n) is 15.1. The molecule has 5 nitrogen and oxygen atoms in total. The summed E-state index contributed by atoms with van der Waals surface area (Å²) < 4.78 is 5.40. The van der Waals surface area contributed by atoms with Crippen LogP contribution >= 0.6 is 11.8 Å². The number of amides is 2. The number of carbonyl (C=O) groups is 2. The van der Waals surface area contributed by atoms with Gasteiger partial charge in [-0.1, -0.05) is 30.3 Å². The number of hydrogen-bond donors (Lipinski definition) is 0. The van der Waals surface area contributed by atoms with Crippen molar-refractivity contribution in [3.05, 3.63) is 54.1 Å². The highest BCUT2D eigenvalue weighted by Gasteiger charge is 2.29. The Labute approximate surface area is 157 Å². The summed E-state index contributed by atoms with van der Waals surface area (Å²) in [7, 11) is 3.38. The van der Waals surface area contributed by atoms with Crippen LogP contribution in [0.15, 0.2) is 53.4 Å². The van der Waals surface area contributed by atoms with Crippen molar-refractivity contribution >= 4 is 29.3 Å². The van der Waals surface area contributed by atoms with E-state index >= 15 is 0 Å². The molecule has 26 heavy (non-hydrogen) atoms. The van der Waals surface area contributed by atoms with E-state index in [9.17, 15) is 9.59 Å². The highest BCUT2D eigenvalue weighted by Crippen LogP contribution is 2.35. The summed E-state index contributed by atoms with van der Waals surface area (Å²) in [5.41, 5.74) is 1.74. The summed E-state index contributed by atoms with van der Waals surface area (Å²) >= 11 is 1.51. The number of carbonyl (C=O) groups excluding carboxylic acids is 2. The Kier molecular flexibility index (Phi) is 5.52. The van der Waals surface area contributed by atoms with Crippen molar-refractivity contribution in [3.63, 3.8) is 0 Å². The van der Waals surface area contributed by atoms with Crippen LogP contribution in [-0.4, -0.2) is 43.2 Å². The van der Waals surface area contributed by atoms with Gasteiger partial charge in [-0.3, -0.25) is 9.59 Å². The first kappa shape index (κ1) is 18.3. The van der Waals surface area contributed by atoms with Gasteiger partial charge in [0.15, 0.2) is 0 Å². The average molecular weight is 370 g/mol. The third-order valence-electron chi connectivity index (χ3n) is 4.66. The molecule has 0 saturated heterocycles. The lowest BCUT2D eigenvalue weighted by Gasteiger charge is -2.32. The lowest BCUT2D eigenvalue weighted by Crippen LogP contribution is -2.44. The van der Waals surface area contributed by atoms with Gasteiger partial charge in [0, 0.05) is 17.5 Å². The SMILES string of the molecule is COc1ccccc1C(C)N(C)C(=O)CN1C(=O)CSc2ccccc21. The number of hydrogen-bond acceptors (Lipinski definition) is 4. The molecule has 0 saturated carbocycles. The van der Waals surface area contributed by atoms with Crippen molar-refractivity contribution in [2.24, 2.45) is 0 Å². The third kappa shape index (κ3) is 3.55. The number of benzene rings is 2. The van der Waals surface area contributed by atoms with Crippen molar-refractivity contribution in [2.75, 3.05) is 31.4 Å². The van der Waals surface area contributed by atoms with Crippen LogP contribution in [0.25, 0.3) is 0 Å². The Morgan fingerprint density at radius 3 is 2.69 bits per heavy atom. The molecule has 136 valence electrons. The molecule has 0 bridgehead atoms. The Morgan fingerprint density at radius 1 is 1.23 bits per heavy atom. The fourth-order valence-electron chi connectivity index (χ4n) is 3.01. The minimum atomic E-state index is -0.164. The van der Waals surface area contributed by atoms with Crippen molar-refractivity contribution in [2.45, 2.75) is 17.9 Å². The standard InChI is InChI=1S/C20H22N2O3S/c1-14(15-8-4-6-10-17(15)25-3)21(2)19(23)12-22-16-9-5-7-11-18(16)26-13-20(22)24/h4-11,14H,12-13H2,1-3H3. The summed E-state index contributed by atoms with van der Waals surface area (Å²) in [6, 6.07) is 15.2.